The van der Waals surface area contributed by atoms with E-state index < -0.39 is 24.2 Å². The number of nitrogens with zero attached hydrogens (tertiary/aromatic N) is 1. The summed E-state index contributed by atoms with van der Waals surface area (Å²) in [6.07, 6.45) is 1.56. The Hall–Kier alpha value is -2.58. The molecule has 9 heteroatoms. The zero-order chi connectivity index (χ0) is 22.3. The molecule has 2 aromatic rings. The Morgan fingerprint density at radius 2 is 1.93 bits per heavy atom. The molecule has 0 saturated carbocycles. The number of amides is 2. The fourth-order valence-electron chi connectivity index (χ4n) is 3.07. The molecule has 0 aliphatic carbocycles. The molecule has 1 heterocycles. The first-order valence-electron chi connectivity index (χ1n) is 9.87. The maximum Gasteiger partial charge on any atom is 0.355 e. The van der Waals surface area contributed by atoms with E-state index >= 15 is 0 Å². The zero-order valence-electron chi connectivity index (χ0n) is 17.4. The van der Waals surface area contributed by atoms with Gasteiger partial charge in [-0.05, 0) is 37.5 Å². The lowest BCUT2D eigenvalue weighted by atomic mass is 10.1. The van der Waals surface area contributed by atoms with Crippen LogP contribution < -0.4 is 15.7 Å². The van der Waals surface area contributed by atoms with E-state index in [1.165, 1.54) is 6.07 Å². The standard InChI is InChI=1S/C21H27ClN2O6/c1-4-8-24(9-5-2)20(27)16(11-25)23-18(26)12-29-14-6-7-15-13(3)19(22)21(28)30-17(15)10-14/h6-7,10,16,25H,4-5,8-9,11-12H2,1-3H3,(H,23,26)/t16-/m0/s1. The van der Waals surface area contributed by atoms with E-state index in [0.717, 1.165) is 12.8 Å². The van der Waals surface area contributed by atoms with Crippen LogP contribution in [0.15, 0.2) is 27.4 Å². The predicted octanol–water partition coefficient (Wildman–Crippen LogP) is 2.26. The van der Waals surface area contributed by atoms with Crippen molar-refractivity contribution < 1.29 is 23.8 Å². The summed E-state index contributed by atoms with van der Waals surface area (Å²) in [5.41, 5.74) is 0.239. The minimum absolute atomic E-state index is 0.0236. The van der Waals surface area contributed by atoms with Crippen LogP contribution in [-0.4, -0.2) is 54.2 Å². The van der Waals surface area contributed by atoms with Crippen molar-refractivity contribution >= 4 is 34.4 Å². The fraction of sp³-hybridized carbons (Fsp3) is 0.476. The van der Waals surface area contributed by atoms with Crippen molar-refractivity contribution in [2.45, 2.75) is 39.7 Å². The molecule has 8 nitrogen and oxygen atoms in total. The maximum absolute atomic E-state index is 12.6. The number of aliphatic hydroxyl groups excluding tert-OH is 1. The molecule has 0 spiro atoms. The topological polar surface area (TPSA) is 109 Å². The van der Waals surface area contributed by atoms with Gasteiger partial charge in [0.2, 0.25) is 5.91 Å². The highest BCUT2D eigenvalue weighted by Gasteiger charge is 2.24. The summed E-state index contributed by atoms with van der Waals surface area (Å²) < 4.78 is 10.6. The normalized spacial score (nSPS) is 11.9. The first kappa shape index (κ1) is 23.7. The first-order valence-corrected chi connectivity index (χ1v) is 10.2. The molecule has 0 aliphatic rings. The molecule has 0 unspecified atom stereocenters. The molecule has 2 amide bonds. The van der Waals surface area contributed by atoms with Crippen LogP contribution >= 0.6 is 11.6 Å². The van der Waals surface area contributed by atoms with Gasteiger partial charge in [-0.15, -0.1) is 0 Å². The number of hydrogen-bond donors (Lipinski definition) is 2. The third kappa shape index (κ3) is 5.73. The van der Waals surface area contributed by atoms with Crippen molar-refractivity contribution in [1.29, 1.82) is 0 Å². The van der Waals surface area contributed by atoms with Crippen molar-refractivity contribution in [3.63, 3.8) is 0 Å². The smallest absolute Gasteiger partial charge is 0.355 e. The number of halogens is 1. The van der Waals surface area contributed by atoms with Crippen molar-refractivity contribution in [2.75, 3.05) is 26.3 Å². The highest BCUT2D eigenvalue weighted by atomic mass is 35.5. The van der Waals surface area contributed by atoms with Gasteiger partial charge in [0, 0.05) is 24.5 Å². The second-order valence-electron chi connectivity index (χ2n) is 6.90. The molecule has 30 heavy (non-hydrogen) atoms. The molecule has 2 N–H and O–H groups in total. The van der Waals surface area contributed by atoms with Gasteiger partial charge in [0.1, 0.15) is 22.4 Å². The molecule has 0 aliphatic heterocycles. The summed E-state index contributed by atoms with van der Waals surface area (Å²) in [5.74, 6) is -0.563. The SMILES string of the molecule is CCCN(CCC)C(=O)[C@H](CO)NC(=O)COc1ccc2c(C)c(Cl)c(=O)oc2c1. The van der Waals surface area contributed by atoms with Crippen molar-refractivity contribution in [2.24, 2.45) is 0 Å². The Kier molecular flexibility index (Phi) is 8.68. The first-order chi connectivity index (χ1) is 14.3. The number of ether oxygens (including phenoxy) is 1. The average Bonchev–Trinajstić information content (AvgIpc) is 2.73. The van der Waals surface area contributed by atoms with Crippen LogP contribution in [0.25, 0.3) is 11.0 Å². The Morgan fingerprint density at radius 1 is 1.27 bits per heavy atom. The van der Waals surface area contributed by atoms with E-state index in [4.69, 9.17) is 20.8 Å². The van der Waals surface area contributed by atoms with Gasteiger partial charge in [-0.1, -0.05) is 25.4 Å². The number of hydrogen-bond acceptors (Lipinski definition) is 6. The zero-order valence-corrected chi connectivity index (χ0v) is 18.1. The number of carbonyl (C=O) groups excluding carboxylic acids is 2. The second-order valence-corrected chi connectivity index (χ2v) is 7.28. The molecule has 1 aromatic carbocycles. The summed E-state index contributed by atoms with van der Waals surface area (Å²) in [5, 5.41) is 12.7. The summed E-state index contributed by atoms with van der Waals surface area (Å²) in [6.45, 7) is 5.86. The van der Waals surface area contributed by atoms with Gasteiger partial charge in [-0.2, -0.15) is 0 Å². The van der Waals surface area contributed by atoms with Crippen LogP contribution in [0.4, 0.5) is 0 Å². The lowest BCUT2D eigenvalue weighted by molar-refractivity contribution is -0.138. The Labute approximate surface area is 179 Å². The minimum Gasteiger partial charge on any atom is -0.484 e. The number of carbonyl (C=O) groups is 2. The summed E-state index contributed by atoms with van der Waals surface area (Å²) in [7, 11) is 0. The molecular formula is C21H27ClN2O6. The van der Waals surface area contributed by atoms with E-state index in [0.29, 0.717) is 29.8 Å². The number of nitrogens with one attached hydrogen (secondary N) is 1. The number of benzene rings is 1. The van der Waals surface area contributed by atoms with Crippen LogP contribution in [0.2, 0.25) is 5.02 Å². The molecule has 0 radical (unpaired) electrons. The quantitative estimate of drug-likeness (QED) is 0.551. The largest absolute Gasteiger partial charge is 0.484 e. The van der Waals surface area contributed by atoms with Gasteiger partial charge >= 0.3 is 5.63 Å². The molecule has 0 fully saturated rings. The van der Waals surface area contributed by atoms with Gasteiger partial charge < -0.3 is 24.5 Å². The predicted molar refractivity (Wildman–Crippen MR) is 114 cm³/mol. The lowest BCUT2D eigenvalue weighted by Gasteiger charge is -2.26. The average molecular weight is 439 g/mol. The van der Waals surface area contributed by atoms with E-state index in [2.05, 4.69) is 5.32 Å². The Bertz CT molecular complexity index is 952. The Morgan fingerprint density at radius 3 is 2.53 bits per heavy atom. The summed E-state index contributed by atoms with van der Waals surface area (Å²) in [4.78, 5) is 38.2. The third-order valence-corrected chi connectivity index (χ3v) is 4.99. The number of fused-ring (bicyclic) bond motifs is 1. The van der Waals surface area contributed by atoms with Crippen molar-refractivity contribution in [3.8, 4) is 5.75 Å². The molecule has 0 saturated heterocycles. The lowest BCUT2D eigenvalue weighted by Crippen LogP contribution is -2.51. The van der Waals surface area contributed by atoms with Crippen molar-refractivity contribution in [3.05, 3.63) is 39.2 Å². The van der Waals surface area contributed by atoms with Crippen LogP contribution in [-0.2, 0) is 9.59 Å². The van der Waals surface area contributed by atoms with Crippen LogP contribution in [0.3, 0.4) is 0 Å². The van der Waals surface area contributed by atoms with Crippen LogP contribution in [0.1, 0.15) is 32.3 Å². The maximum atomic E-state index is 12.6. The van der Waals surface area contributed by atoms with Gasteiger partial charge in [0.25, 0.3) is 5.91 Å². The third-order valence-electron chi connectivity index (χ3n) is 4.55. The monoisotopic (exact) mass is 438 g/mol. The van der Waals surface area contributed by atoms with Gasteiger partial charge in [-0.25, -0.2) is 4.79 Å². The number of aryl methyl sites for hydroxylation is 1. The molecule has 1 atom stereocenters. The van der Waals surface area contributed by atoms with E-state index in [-0.39, 0.29) is 23.1 Å². The fourth-order valence-corrected chi connectivity index (χ4v) is 3.21. The van der Waals surface area contributed by atoms with Gasteiger partial charge in [0.15, 0.2) is 6.61 Å². The molecular weight excluding hydrogens is 412 g/mol. The van der Waals surface area contributed by atoms with Gasteiger partial charge in [0.05, 0.1) is 6.61 Å². The van der Waals surface area contributed by atoms with Crippen LogP contribution in [0, 0.1) is 6.92 Å². The highest BCUT2D eigenvalue weighted by molar-refractivity contribution is 6.31. The Balaban J connectivity index is 2.03. The van der Waals surface area contributed by atoms with E-state index in [9.17, 15) is 19.5 Å². The van der Waals surface area contributed by atoms with Crippen LogP contribution in [0.5, 0.6) is 5.75 Å². The number of rotatable bonds is 10. The molecule has 0 bridgehead atoms. The van der Waals surface area contributed by atoms with E-state index in [1.54, 1.807) is 24.0 Å². The molecule has 1 aromatic heterocycles. The molecule has 2 rings (SSSR count). The number of aliphatic hydroxyl groups is 1. The highest BCUT2D eigenvalue weighted by Crippen LogP contribution is 2.25. The minimum atomic E-state index is -1.03. The van der Waals surface area contributed by atoms with Gasteiger partial charge in [-0.3, -0.25) is 9.59 Å². The summed E-state index contributed by atoms with van der Waals surface area (Å²) >= 11 is 5.91. The van der Waals surface area contributed by atoms with E-state index in [1.807, 2.05) is 13.8 Å². The summed E-state index contributed by atoms with van der Waals surface area (Å²) in [6, 6.07) is 3.77. The second kappa shape index (κ2) is 11.0. The molecule has 164 valence electrons. The van der Waals surface area contributed by atoms with Crippen molar-refractivity contribution in [1.82, 2.24) is 10.2 Å².